The minimum atomic E-state index is -4.35. The molecule has 0 aromatic heterocycles. The topological polar surface area (TPSA) is 53.8 Å². The van der Waals surface area contributed by atoms with Crippen molar-refractivity contribution in [1.82, 2.24) is 0 Å². The Morgan fingerprint density at radius 2 is 1.37 bits per heavy atom. The second-order valence-corrected chi connectivity index (χ2v) is 11.4. The molecule has 0 N–H and O–H groups in total. The first-order valence-electron chi connectivity index (χ1n) is 9.21. The van der Waals surface area contributed by atoms with Crippen LogP contribution in [0.1, 0.15) is 16.8 Å². The van der Waals surface area contributed by atoms with Crippen LogP contribution in [0.15, 0.2) is 78.9 Å². The van der Waals surface area contributed by atoms with E-state index >= 15 is 0 Å². The normalized spacial score (nSPS) is 20.9. The number of nitrogens with zero attached hydrogens (tertiary/aromatic N) is 1. The van der Waals surface area contributed by atoms with Crippen LogP contribution in [0, 0.1) is 5.21 Å². The van der Waals surface area contributed by atoms with E-state index in [0.29, 0.717) is 37.1 Å². The van der Waals surface area contributed by atoms with Crippen LogP contribution in [0.3, 0.4) is 0 Å². The Hall–Kier alpha value is -2.14. The Kier molecular flexibility index (Phi) is 5.52. The Labute approximate surface area is 185 Å². The fraction of sp³-hybridized carbons (Fsp3) is 0.136. The molecule has 1 atom stereocenters. The molecular weight excluding hydrogens is 444 g/mol. The molecule has 4 rings (SSSR count). The molecule has 1 aliphatic heterocycles. The van der Waals surface area contributed by atoms with E-state index in [4.69, 9.17) is 36.9 Å². The van der Waals surface area contributed by atoms with Gasteiger partial charge in [0.2, 0.25) is 0 Å². The molecule has 1 aliphatic rings. The SMILES string of the molecule is COP1(OC)(c2ccccc2)O[N+]([O-])=C(c2ccccc2)C1c1c(Cl)cccc1Cl. The van der Waals surface area contributed by atoms with Crippen LogP contribution in [0.25, 0.3) is 0 Å². The van der Waals surface area contributed by atoms with Gasteiger partial charge in [-0.1, -0.05) is 0 Å². The van der Waals surface area contributed by atoms with Crippen molar-refractivity contribution in [3.05, 3.63) is 105 Å². The predicted octanol–water partition coefficient (Wildman–Crippen LogP) is 5.90. The average Bonchev–Trinajstić information content (AvgIpc) is 3.05. The molecule has 0 radical (unpaired) electrons. The molecule has 0 bridgehead atoms. The molecule has 1 unspecified atom stereocenters. The van der Waals surface area contributed by atoms with E-state index in [2.05, 4.69) is 0 Å². The van der Waals surface area contributed by atoms with Gasteiger partial charge in [0.05, 0.1) is 0 Å². The Morgan fingerprint density at radius 1 is 0.833 bits per heavy atom. The van der Waals surface area contributed by atoms with Gasteiger partial charge in [-0.05, 0) is 0 Å². The number of benzene rings is 3. The van der Waals surface area contributed by atoms with Gasteiger partial charge in [0.25, 0.3) is 0 Å². The molecular formula is C22H20Cl2NO4P. The van der Waals surface area contributed by atoms with Crippen molar-refractivity contribution in [2.75, 3.05) is 14.2 Å². The number of hydrogen-bond donors (Lipinski definition) is 0. The van der Waals surface area contributed by atoms with Crippen LogP contribution in [-0.2, 0) is 13.7 Å². The van der Waals surface area contributed by atoms with Crippen molar-refractivity contribution in [3.8, 4) is 0 Å². The van der Waals surface area contributed by atoms with Crippen LogP contribution in [0.5, 0.6) is 0 Å². The zero-order valence-corrected chi connectivity index (χ0v) is 18.8. The average molecular weight is 464 g/mol. The first-order chi connectivity index (χ1) is 14.5. The molecule has 0 saturated heterocycles. The quantitative estimate of drug-likeness (QED) is 0.349. The molecule has 5 nitrogen and oxygen atoms in total. The zero-order chi connectivity index (χ0) is 21.4. The molecule has 156 valence electrons. The van der Waals surface area contributed by atoms with Gasteiger partial charge >= 0.3 is 185 Å². The fourth-order valence-electron chi connectivity index (χ4n) is 4.00. The van der Waals surface area contributed by atoms with Crippen LogP contribution in [0.4, 0.5) is 0 Å². The summed E-state index contributed by atoms with van der Waals surface area (Å²) < 4.78 is 18.3. The van der Waals surface area contributed by atoms with Crippen molar-refractivity contribution in [2.24, 2.45) is 0 Å². The van der Waals surface area contributed by atoms with E-state index in [-0.39, 0.29) is 0 Å². The van der Waals surface area contributed by atoms with E-state index in [9.17, 15) is 5.21 Å². The van der Waals surface area contributed by atoms with Crippen molar-refractivity contribution in [3.63, 3.8) is 0 Å². The maximum absolute atomic E-state index is 13.3. The molecule has 0 fully saturated rings. The number of halogens is 2. The second kappa shape index (κ2) is 7.84. The molecule has 0 spiro atoms. The van der Waals surface area contributed by atoms with Gasteiger partial charge in [0.1, 0.15) is 0 Å². The second-order valence-electron chi connectivity index (χ2n) is 6.77. The minimum absolute atomic E-state index is 0.316. The first kappa shape index (κ1) is 21.1. The van der Waals surface area contributed by atoms with Gasteiger partial charge in [0, 0.05) is 0 Å². The first-order valence-corrected chi connectivity index (χ1v) is 12.0. The van der Waals surface area contributed by atoms with E-state index in [1.54, 1.807) is 18.2 Å². The summed E-state index contributed by atoms with van der Waals surface area (Å²) in [7, 11) is -1.39. The summed E-state index contributed by atoms with van der Waals surface area (Å²) in [6.45, 7) is 0. The Bertz CT molecular complexity index is 1080. The summed E-state index contributed by atoms with van der Waals surface area (Å²) >= 11 is 13.3. The van der Waals surface area contributed by atoms with Crippen molar-refractivity contribution in [2.45, 2.75) is 5.66 Å². The van der Waals surface area contributed by atoms with E-state index in [0.717, 1.165) is 0 Å². The summed E-state index contributed by atoms with van der Waals surface area (Å²) in [6, 6.07) is 23.6. The van der Waals surface area contributed by atoms with Crippen molar-refractivity contribution in [1.29, 1.82) is 0 Å². The summed E-state index contributed by atoms with van der Waals surface area (Å²) in [6.07, 6.45) is 0. The number of hydrogen-bond acceptors (Lipinski definition) is 4. The molecule has 0 saturated carbocycles. The van der Waals surface area contributed by atoms with Crippen LogP contribution >= 0.6 is 30.5 Å². The van der Waals surface area contributed by atoms with Gasteiger partial charge < -0.3 is 0 Å². The molecule has 1 heterocycles. The van der Waals surface area contributed by atoms with Gasteiger partial charge in [0.15, 0.2) is 0 Å². The third kappa shape index (κ3) is 2.93. The fourth-order valence-corrected chi connectivity index (χ4v) is 8.85. The summed E-state index contributed by atoms with van der Waals surface area (Å²) in [5.74, 6) is 0. The van der Waals surface area contributed by atoms with Crippen LogP contribution in [-0.4, -0.2) is 24.8 Å². The van der Waals surface area contributed by atoms with Crippen molar-refractivity contribution < 1.29 is 18.6 Å². The molecule has 0 amide bonds. The van der Waals surface area contributed by atoms with Gasteiger partial charge in [-0.3, -0.25) is 0 Å². The molecule has 8 heteroatoms. The molecule has 0 aliphatic carbocycles. The van der Waals surface area contributed by atoms with Gasteiger partial charge in [-0.15, -0.1) is 0 Å². The Balaban J connectivity index is 2.12. The third-order valence-electron chi connectivity index (χ3n) is 5.39. The van der Waals surface area contributed by atoms with Gasteiger partial charge in [-0.2, -0.15) is 0 Å². The molecule has 3 aromatic carbocycles. The maximum atomic E-state index is 13.3. The predicted molar refractivity (Wildman–Crippen MR) is 121 cm³/mol. The summed E-state index contributed by atoms with van der Waals surface area (Å²) in [5.41, 5.74) is 0.679. The van der Waals surface area contributed by atoms with Crippen LogP contribution < -0.4 is 5.30 Å². The molecule has 3 aromatic rings. The third-order valence-corrected chi connectivity index (χ3v) is 10.5. The van der Waals surface area contributed by atoms with E-state index in [1.807, 2.05) is 60.7 Å². The summed E-state index contributed by atoms with van der Waals surface area (Å²) in [5, 5.41) is 14.7. The monoisotopic (exact) mass is 463 g/mol. The van der Waals surface area contributed by atoms with E-state index < -0.39 is 12.9 Å². The standard InChI is InChI=1S/C22H20Cl2NO4P/c1-27-30(28-2,17-12-7-4-8-13-17)22(20-18(23)14-9-15-19(20)24)21(25(26)29-30)16-10-5-3-6-11-16/h3-15,22H,1-2H3. The number of rotatable bonds is 5. The molecule has 30 heavy (non-hydrogen) atoms. The Morgan fingerprint density at radius 3 is 1.90 bits per heavy atom. The zero-order valence-electron chi connectivity index (χ0n) is 16.4. The summed E-state index contributed by atoms with van der Waals surface area (Å²) in [4.78, 5) is 0.484. The van der Waals surface area contributed by atoms with E-state index in [1.165, 1.54) is 14.2 Å². The van der Waals surface area contributed by atoms with Gasteiger partial charge in [-0.25, -0.2) is 0 Å². The van der Waals surface area contributed by atoms with Crippen molar-refractivity contribution >= 4 is 41.5 Å². The van der Waals surface area contributed by atoms with Crippen LogP contribution in [0.2, 0.25) is 10.0 Å².